The zero-order chi connectivity index (χ0) is 12.5. The first-order valence-corrected chi connectivity index (χ1v) is 7.99. The Balaban J connectivity index is 2.24. The molecule has 1 aliphatic rings. The fourth-order valence-corrected chi connectivity index (χ4v) is 3.44. The molecule has 0 radical (unpaired) electrons. The molecule has 0 aromatic heterocycles. The summed E-state index contributed by atoms with van der Waals surface area (Å²) < 4.78 is 0. The second-order valence-corrected chi connectivity index (χ2v) is 5.93. The lowest BCUT2D eigenvalue weighted by molar-refractivity contribution is 0.313. The van der Waals surface area contributed by atoms with Gasteiger partial charge in [-0.25, -0.2) is 0 Å². The molecule has 0 saturated heterocycles. The SMILES string of the molecule is CCCCC(CC)CCC(NC)C1CCCC1. The van der Waals surface area contributed by atoms with Gasteiger partial charge in [0.05, 0.1) is 0 Å². The fraction of sp³-hybridized carbons (Fsp3) is 1.00. The van der Waals surface area contributed by atoms with E-state index in [1.807, 2.05) is 0 Å². The van der Waals surface area contributed by atoms with Crippen LogP contribution in [0.5, 0.6) is 0 Å². The topological polar surface area (TPSA) is 12.0 Å². The molecule has 2 atom stereocenters. The van der Waals surface area contributed by atoms with E-state index in [9.17, 15) is 0 Å². The molecule has 1 N–H and O–H groups in total. The monoisotopic (exact) mass is 239 g/mol. The first kappa shape index (κ1) is 15.0. The maximum atomic E-state index is 3.58. The molecule has 1 fully saturated rings. The van der Waals surface area contributed by atoms with Crippen molar-refractivity contribution >= 4 is 0 Å². The Kier molecular flexibility index (Phi) is 7.92. The van der Waals surface area contributed by atoms with Gasteiger partial charge in [0.2, 0.25) is 0 Å². The minimum absolute atomic E-state index is 0.799. The molecule has 0 aromatic rings. The first-order chi connectivity index (χ1) is 8.31. The molecular weight excluding hydrogens is 206 g/mol. The number of hydrogen-bond donors (Lipinski definition) is 1. The standard InChI is InChI=1S/C16H33N/c1-4-6-9-14(5-2)12-13-16(17-3)15-10-7-8-11-15/h14-17H,4-13H2,1-3H3. The van der Waals surface area contributed by atoms with E-state index in [1.54, 1.807) is 0 Å². The van der Waals surface area contributed by atoms with Gasteiger partial charge in [0.15, 0.2) is 0 Å². The number of hydrogen-bond acceptors (Lipinski definition) is 1. The summed E-state index contributed by atoms with van der Waals surface area (Å²) in [6.07, 6.45) is 14.3. The van der Waals surface area contributed by atoms with Gasteiger partial charge in [0, 0.05) is 6.04 Å². The molecule has 1 nitrogen and oxygen atoms in total. The van der Waals surface area contributed by atoms with Gasteiger partial charge in [-0.3, -0.25) is 0 Å². The van der Waals surface area contributed by atoms with Crippen molar-refractivity contribution in [1.29, 1.82) is 0 Å². The quantitative estimate of drug-likeness (QED) is 0.611. The Bertz CT molecular complexity index is 172. The average molecular weight is 239 g/mol. The molecule has 0 spiro atoms. The van der Waals surface area contributed by atoms with Gasteiger partial charge >= 0.3 is 0 Å². The van der Waals surface area contributed by atoms with Gasteiger partial charge in [-0.2, -0.15) is 0 Å². The molecule has 1 rings (SSSR count). The smallest absolute Gasteiger partial charge is 0.00924 e. The molecular formula is C16H33N. The Hall–Kier alpha value is -0.0400. The second kappa shape index (κ2) is 8.97. The van der Waals surface area contributed by atoms with Crippen molar-refractivity contribution in [1.82, 2.24) is 5.32 Å². The van der Waals surface area contributed by atoms with E-state index in [2.05, 4.69) is 26.2 Å². The summed E-state index contributed by atoms with van der Waals surface area (Å²) in [5.41, 5.74) is 0. The predicted octanol–water partition coefficient (Wildman–Crippen LogP) is 4.76. The predicted molar refractivity (Wildman–Crippen MR) is 77.3 cm³/mol. The summed E-state index contributed by atoms with van der Waals surface area (Å²) in [6.45, 7) is 4.67. The van der Waals surface area contributed by atoms with Crippen molar-refractivity contribution in [3.8, 4) is 0 Å². The minimum atomic E-state index is 0.799. The van der Waals surface area contributed by atoms with E-state index < -0.39 is 0 Å². The van der Waals surface area contributed by atoms with Crippen molar-refractivity contribution in [3.05, 3.63) is 0 Å². The molecule has 1 saturated carbocycles. The number of rotatable bonds is 9. The zero-order valence-corrected chi connectivity index (χ0v) is 12.3. The van der Waals surface area contributed by atoms with Crippen LogP contribution in [-0.2, 0) is 0 Å². The van der Waals surface area contributed by atoms with Crippen molar-refractivity contribution in [2.24, 2.45) is 11.8 Å². The molecule has 2 unspecified atom stereocenters. The lowest BCUT2D eigenvalue weighted by Gasteiger charge is -2.25. The van der Waals surface area contributed by atoms with E-state index in [-0.39, 0.29) is 0 Å². The van der Waals surface area contributed by atoms with Gasteiger partial charge in [0.1, 0.15) is 0 Å². The van der Waals surface area contributed by atoms with Crippen LogP contribution < -0.4 is 5.32 Å². The largest absolute Gasteiger partial charge is 0.317 e. The summed E-state index contributed by atoms with van der Waals surface area (Å²) in [4.78, 5) is 0. The molecule has 1 heteroatoms. The molecule has 0 heterocycles. The molecule has 1 aliphatic carbocycles. The third-order valence-corrected chi connectivity index (χ3v) is 4.77. The van der Waals surface area contributed by atoms with E-state index in [0.29, 0.717) is 0 Å². The van der Waals surface area contributed by atoms with Gasteiger partial charge in [0.25, 0.3) is 0 Å². The van der Waals surface area contributed by atoms with Crippen LogP contribution >= 0.6 is 0 Å². The third kappa shape index (κ3) is 5.42. The Morgan fingerprint density at radius 1 is 1.06 bits per heavy atom. The molecule has 17 heavy (non-hydrogen) atoms. The highest BCUT2D eigenvalue weighted by Crippen LogP contribution is 2.31. The average Bonchev–Trinajstić information content (AvgIpc) is 2.87. The normalized spacial score (nSPS) is 20.6. The Morgan fingerprint density at radius 3 is 2.29 bits per heavy atom. The van der Waals surface area contributed by atoms with Crippen LogP contribution in [0.3, 0.4) is 0 Å². The zero-order valence-electron chi connectivity index (χ0n) is 12.3. The summed E-state index contributed by atoms with van der Waals surface area (Å²) in [5.74, 6) is 1.95. The Labute approximate surface area is 109 Å². The van der Waals surface area contributed by atoms with Crippen molar-refractivity contribution in [2.45, 2.75) is 84.1 Å². The van der Waals surface area contributed by atoms with Gasteiger partial charge in [-0.05, 0) is 44.6 Å². The summed E-state index contributed by atoms with van der Waals surface area (Å²) >= 11 is 0. The van der Waals surface area contributed by atoms with Crippen LogP contribution in [0.1, 0.15) is 78.1 Å². The molecule has 0 aliphatic heterocycles. The first-order valence-electron chi connectivity index (χ1n) is 7.99. The van der Waals surface area contributed by atoms with Gasteiger partial charge in [-0.1, -0.05) is 52.4 Å². The van der Waals surface area contributed by atoms with Crippen LogP contribution in [0, 0.1) is 11.8 Å². The highest BCUT2D eigenvalue weighted by atomic mass is 14.9. The molecule has 102 valence electrons. The van der Waals surface area contributed by atoms with E-state index in [4.69, 9.17) is 0 Å². The van der Waals surface area contributed by atoms with Crippen LogP contribution in [0.15, 0.2) is 0 Å². The van der Waals surface area contributed by atoms with E-state index >= 15 is 0 Å². The Morgan fingerprint density at radius 2 is 1.76 bits per heavy atom. The molecule has 0 bridgehead atoms. The van der Waals surface area contributed by atoms with Crippen molar-refractivity contribution in [2.75, 3.05) is 7.05 Å². The highest BCUT2D eigenvalue weighted by Gasteiger charge is 2.23. The van der Waals surface area contributed by atoms with Crippen LogP contribution in [-0.4, -0.2) is 13.1 Å². The maximum absolute atomic E-state index is 3.58. The lowest BCUT2D eigenvalue weighted by Crippen LogP contribution is -2.32. The van der Waals surface area contributed by atoms with Crippen LogP contribution in [0.2, 0.25) is 0 Å². The fourth-order valence-electron chi connectivity index (χ4n) is 3.44. The van der Waals surface area contributed by atoms with E-state index in [1.165, 1.54) is 64.2 Å². The second-order valence-electron chi connectivity index (χ2n) is 5.93. The lowest BCUT2D eigenvalue weighted by atomic mass is 9.88. The third-order valence-electron chi connectivity index (χ3n) is 4.77. The summed E-state index contributed by atoms with van der Waals surface area (Å²) in [6, 6.07) is 0.799. The molecule has 0 aromatic carbocycles. The van der Waals surface area contributed by atoms with Crippen LogP contribution in [0.25, 0.3) is 0 Å². The van der Waals surface area contributed by atoms with Crippen molar-refractivity contribution < 1.29 is 0 Å². The van der Waals surface area contributed by atoms with Crippen molar-refractivity contribution in [3.63, 3.8) is 0 Å². The highest BCUT2D eigenvalue weighted by molar-refractivity contribution is 4.80. The van der Waals surface area contributed by atoms with Gasteiger partial charge < -0.3 is 5.32 Å². The summed E-state index contributed by atoms with van der Waals surface area (Å²) in [5, 5.41) is 3.58. The molecule has 0 amide bonds. The summed E-state index contributed by atoms with van der Waals surface area (Å²) in [7, 11) is 2.16. The van der Waals surface area contributed by atoms with E-state index in [0.717, 1.165) is 17.9 Å². The van der Waals surface area contributed by atoms with Gasteiger partial charge in [-0.15, -0.1) is 0 Å². The minimum Gasteiger partial charge on any atom is -0.317 e. The maximum Gasteiger partial charge on any atom is 0.00924 e. The van der Waals surface area contributed by atoms with Crippen LogP contribution in [0.4, 0.5) is 0 Å². The number of unbranched alkanes of at least 4 members (excludes halogenated alkanes) is 1. The number of nitrogens with one attached hydrogen (secondary N) is 1.